The third-order valence-electron chi connectivity index (χ3n) is 7.76. The van der Waals surface area contributed by atoms with Crippen LogP contribution in [0.2, 0.25) is 0 Å². The summed E-state index contributed by atoms with van der Waals surface area (Å²) in [5.74, 6) is -2.39. The number of carbonyl (C=O) groups is 2. The number of benzene rings is 3. The highest BCUT2D eigenvalue weighted by Gasteiger charge is 2.63. The molecular weight excluding hydrogens is 532 g/mol. The number of anilines is 1. The summed E-state index contributed by atoms with van der Waals surface area (Å²) in [6.45, 7) is 4.09. The van der Waals surface area contributed by atoms with Crippen LogP contribution in [0, 0.1) is 47.6 Å². The zero-order chi connectivity index (χ0) is 26.0. The average Bonchev–Trinajstić information content (AvgIpc) is 3.51. The number of allylic oxidation sites excluding steroid dienone is 3. The second-order valence-corrected chi connectivity index (χ2v) is 10.9. The van der Waals surface area contributed by atoms with Crippen LogP contribution in [0.15, 0.2) is 88.9 Å². The van der Waals surface area contributed by atoms with Crippen molar-refractivity contribution in [2.24, 2.45) is 23.7 Å². The lowest BCUT2D eigenvalue weighted by Gasteiger charge is -2.21. The van der Waals surface area contributed by atoms with Crippen molar-refractivity contribution < 1.29 is 14.5 Å². The molecule has 0 aromatic heterocycles. The maximum atomic E-state index is 13.8. The first-order chi connectivity index (χ1) is 17.8. The Morgan fingerprint density at radius 2 is 1.30 bits per heavy atom. The van der Waals surface area contributed by atoms with Gasteiger partial charge in [-0.15, -0.1) is 0 Å². The molecule has 1 aliphatic heterocycles. The fraction of sp³-hybridized carbons (Fsp3) is 0.200. The predicted octanol–water partition coefficient (Wildman–Crippen LogP) is 6.40. The number of rotatable bonds is 4. The van der Waals surface area contributed by atoms with Crippen molar-refractivity contribution >= 4 is 44.7 Å². The molecule has 2 amide bonds. The van der Waals surface area contributed by atoms with E-state index in [1.54, 1.807) is 6.07 Å². The van der Waals surface area contributed by atoms with Gasteiger partial charge in [0.25, 0.3) is 5.69 Å². The number of imide groups is 1. The molecule has 1 heterocycles. The molecule has 1 saturated carbocycles. The third-order valence-corrected chi connectivity index (χ3v) is 8.25. The second kappa shape index (κ2) is 8.63. The van der Waals surface area contributed by atoms with Crippen molar-refractivity contribution in [1.82, 2.24) is 0 Å². The molecule has 0 radical (unpaired) electrons. The van der Waals surface area contributed by atoms with Gasteiger partial charge in [-0.1, -0.05) is 87.7 Å². The first kappa shape index (κ1) is 23.6. The van der Waals surface area contributed by atoms with Crippen LogP contribution in [0.4, 0.5) is 11.4 Å². The van der Waals surface area contributed by atoms with Crippen LogP contribution in [0.3, 0.4) is 0 Å². The Balaban J connectivity index is 1.49. The smallest absolute Gasteiger partial charge is 0.274 e. The maximum Gasteiger partial charge on any atom is 0.294 e. The lowest BCUT2D eigenvalue weighted by molar-refractivity contribution is -0.384. The largest absolute Gasteiger partial charge is 0.294 e. The molecule has 0 N–H and O–H groups in total. The van der Waals surface area contributed by atoms with E-state index < -0.39 is 16.8 Å². The van der Waals surface area contributed by atoms with Crippen LogP contribution < -0.4 is 4.90 Å². The molecular formula is C30H23BrN2O4. The second-order valence-electron chi connectivity index (χ2n) is 9.95. The molecule has 2 fully saturated rings. The van der Waals surface area contributed by atoms with Crippen LogP contribution in [0.1, 0.15) is 22.3 Å². The van der Waals surface area contributed by atoms with Gasteiger partial charge in [-0.2, -0.15) is 0 Å². The summed E-state index contributed by atoms with van der Waals surface area (Å²) < 4.78 is 0.509. The molecule has 0 unspecified atom stereocenters. The van der Waals surface area contributed by atoms with Crippen LogP contribution in [0.25, 0.3) is 5.57 Å². The van der Waals surface area contributed by atoms with E-state index >= 15 is 0 Å². The molecule has 37 heavy (non-hydrogen) atoms. The Hall–Kier alpha value is -3.84. The average molecular weight is 555 g/mol. The van der Waals surface area contributed by atoms with Crippen molar-refractivity contribution in [3.8, 4) is 0 Å². The number of nitro groups is 1. The van der Waals surface area contributed by atoms with E-state index in [2.05, 4.69) is 64.5 Å². The molecule has 3 aliphatic rings. The molecule has 1 saturated heterocycles. The number of carbonyl (C=O) groups excluding carboxylic acids is 2. The van der Waals surface area contributed by atoms with E-state index in [0.717, 1.165) is 38.3 Å². The quantitative estimate of drug-likeness (QED) is 0.162. The summed E-state index contributed by atoms with van der Waals surface area (Å²) in [6, 6.07) is 21.0. The number of hydrogen-bond acceptors (Lipinski definition) is 4. The molecule has 2 bridgehead atoms. The number of amides is 2. The Morgan fingerprint density at radius 1 is 0.811 bits per heavy atom. The van der Waals surface area contributed by atoms with E-state index in [1.807, 2.05) is 26.0 Å². The summed E-state index contributed by atoms with van der Waals surface area (Å²) >= 11 is 3.25. The van der Waals surface area contributed by atoms with Crippen LogP contribution >= 0.6 is 15.9 Å². The van der Waals surface area contributed by atoms with Gasteiger partial charge in [0.05, 0.1) is 16.8 Å². The molecule has 2 aliphatic carbocycles. The highest BCUT2D eigenvalue weighted by atomic mass is 79.9. The molecule has 4 atom stereocenters. The van der Waals surface area contributed by atoms with E-state index in [9.17, 15) is 19.7 Å². The molecule has 3 aromatic rings. The number of hydrogen-bond donors (Lipinski definition) is 0. The van der Waals surface area contributed by atoms with Gasteiger partial charge in [0.15, 0.2) is 0 Å². The fourth-order valence-electron chi connectivity index (χ4n) is 6.11. The minimum atomic E-state index is -0.577. The summed E-state index contributed by atoms with van der Waals surface area (Å²) in [5.41, 5.74) is 6.28. The molecule has 6 nitrogen and oxygen atoms in total. The van der Waals surface area contributed by atoms with E-state index in [0.29, 0.717) is 4.47 Å². The first-order valence-electron chi connectivity index (χ1n) is 12.1. The standard InChI is InChI=1S/C30H23BrN2O4/c1-16-3-7-18(8-4-16)25(19-9-5-17(2)6-10-19)26-21-12-13-22(26)28-27(21)29(34)32(30(28)35)23-14-11-20(31)15-24(23)33(36)37/h3-15,21-22,27-28H,1-2H3/t21-,22-,27+,28+/m1/s1. The van der Waals surface area contributed by atoms with Crippen LogP contribution in [0.5, 0.6) is 0 Å². The lowest BCUT2D eigenvalue weighted by atomic mass is 9.85. The number of aryl methyl sites for hydroxylation is 2. The SMILES string of the molecule is Cc1ccc(C(=C2[C@H]3C=C[C@H]2[C@@H]2C(=O)N(c4ccc(Br)cc4[N+](=O)[O-])C(=O)[C@H]23)c2ccc(C)cc2)cc1. The third kappa shape index (κ3) is 3.60. The van der Waals surface area contributed by atoms with Gasteiger partial charge in [-0.3, -0.25) is 19.7 Å². The number of nitro benzene ring substituents is 1. The van der Waals surface area contributed by atoms with Gasteiger partial charge in [0.1, 0.15) is 5.69 Å². The Morgan fingerprint density at radius 3 is 1.76 bits per heavy atom. The summed E-state index contributed by atoms with van der Waals surface area (Å²) in [7, 11) is 0. The molecule has 0 spiro atoms. The zero-order valence-corrected chi connectivity index (χ0v) is 21.8. The Bertz CT molecular complexity index is 1460. The van der Waals surface area contributed by atoms with Crippen LogP contribution in [-0.2, 0) is 9.59 Å². The highest BCUT2D eigenvalue weighted by molar-refractivity contribution is 9.10. The van der Waals surface area contributed by atoms with Gasteiger partial charge < -0.3 is 0 Å². The summed E-state index contributed by atoms with van der Waals surface area (Å²) in [4.78, 5) is 39.8. The van der Waals surface area contributed by atoms with Crippen molar-refractivity contribution in [2.75, 3.05) is 4.90 Å². The van der Waals surface area contributed by atoms with Gasteiger partial charge in [0, 0.05) is 22.4 Å². The van der Waals surface area contributed by atoms with Gasteiger partial charge >= 0.3 is 0 Å². The van der Waals surface area contributed by atoms with Crippen molar-refractivity contribution in [3.05, 3.63) is 121 Å². The predicted molar refractivity (Wildman–Crippen MR) is 145 cm³/mol. The number of nitrogens with zero attached hydrogens (tertiary/aromatic N) is 2. The molecule has 3 aromatic carbocycles. The summed E-state index contributed by atoms with van der Waals surface area (Å²) in [5, 5.41) is 11.8. The van der Waals surface area contributed by atoms with Crippen LogP contribution in [-0.4, -0.2) is 16.7 Å². The normalized spacial score (nSPS) is 23.6. The van der Waals surface area contributed by atoms with Crippen molar-refractivity contribution in [1.29, 1.82) is 0 Å². The lowest BCUT2D eigenvalue weighted by Crippen LogP contribution is -2.33. The zero-order valence-electron chi connectivity index (χ0n) is 20.2. The number of halogens is 1. The molecule has 184 valence electrons. The minimum Gasteiger partial charge on any atom is -0.274 e. The van der Waals surface area contributed by atoms with E-state index in [1.165, 1.54) is 12.1 Å². The van der Waals surface area contributed by atoms with Crippen molar-refractivity contribution in [3.63, 3.8) is 0 Å². The summed E-state index contributed by atoms with van der Waals surface area (Å²) in [6.07, 6.45) is 4.07. The van der Waals surface area contributed by atoms with E-state index in [-0.39, 0.29) is 35.0 Å². The van der Waals surface area contributed by atoms with Crippen molar-refractivity contribution in [2.45, 2.75) is 13.8 Å². The van der Waals surface area contributed by atoms with Gasteiger partial charge in [-0.05, 0) is 48.3 Å². The van der Waals surface area contributed by atoms with E-state index in [4.69, 9.17) is 0 Å². The maximum absolute atomic E-state index is 13.8. The minimum absolute atomic E-state index is 0.0276. The topological polar surface area (TPSA) is 80.5 Å². The molecule has 7 heteroatoms. The Kier molecular flexibility index (Phi) is 5.49. The Labute approximate surface area is 222 Å². The highest BCUT2D eigenvalue weighted by Crippen LogP contribution is 2.59. The number of fused-ring (bicyclic) bond motifs is 5. The fourth-order valence-corrected chi connectivity index (χ4v) is 6.46. The van der Waals surface area contributed by atoms with Gasteiger partial charge in [0.2, 0.25) is 11.8 Å². The first-order valence-corrected chi connectivity index (χ1v) is 12.9. The molecule has 6 rings (SSSR count). The monoisotopic (exact) mass is 554 g/mol. The van der Waals surface area contributed by atoms with Gasteiger partial charge in [-0.25, -0.2) is 4.90 Å².